The van der Waals surface area contributed by atoms with Gasteiger partial charge >= 0.3 is 0 Å². The lowest BCUT2D eigenvalue weighted by atomic mass is 9.68. The summed E-state index contributed by atoms with van der Waals surface area (Å²) in [4.78, 5) is 20.1. The number of nitrogens with zero attached hydrogens (tertiary/aromatic N) is 1. The van der Waals surface area contributed by atoms with E-state index in [-0.39, 0.29) is 54.5 Å². The second kappa shape index (κ2) is 21.6. The Morgan fingerprint density at radius 2 is 1.78 bits per heavy atom. The number of hydrogen-bond donors (Lipinski definition) is 8. The minimum atomic E-state index is -1.22. The van der Waals surface area contributed by atoms with Crippen molar-refractivity contribution in [3.8, 4) is 28.7 Å². The van der Waals surface area contributed by atoms with Crippen LogP contribution in [0.1, 0.15) is 81.5 Å². The maximum atomic E-state index is 15.8. The number of β-amino-alcohol motifs (C(OH)–C–C–N with tert-alkyl or cyclic N) is 1. The molecule has 0 saturated carbocycles. The van der Waals surface area contributed by atoms with Gasteiger partial charge in [0.15, 0.2) is 23.0 Å². The summed E-state index contributed by atoms with van der Waals surface area (Å²) in [6.07, 6.45) is 4.85. The van der Waals surface area contributed by atoms with E-state index in [0.717, 1.165) is 55.3 Å². The van der Waals surface area contributed by atoms with Crippen molar-refractivity contribution in [1.82, 2.24) is 15.6 Å². The van der Waals surface area contributed by atoms with Gasteiger partial charge in [-0.15, -0.1) is 0 Å². The van der Waals surface area contributed by atoms with Crippen LogP contribution < -0.4 is 25.1 Å². The average Bonchev–Trinajstić information content (AvgIpc) is 3.76. The molecule has 1 aromatic heterocycles. The molecule has 1 aliphatic carbocycles. The van der Waals surface area contributed by atoms with Crippen molar-refractivity contribution >= 4 is 38.1 Å². The molecule has 2 aliphatic rings. The summed E-state index contributed by atoms with van der Waals surface area (Å²) in [6.45, 7) is 2.58. The Morgan fingerprint density at radius 1 is 0.985 bits per heavy atom. The van der Waals surface area contributed by atoms with Crippen LogP contribution in [0.15, 0.2) is 97.3 Å². The molecule has 68 heavy (non-hydrogen) atoms. The van der Waals surface area contributed by atoms with Crippen LogP contribution in [0.25, 0.3) is 10.8 Å². The van der Waals surface area contributed by atoms with Crippen molar-refractivity contribution in [2.75, 3.05) is 39.8 Å². The zero-order valence-electron chi connectivity index (χ0n) is 38.8. The average molecular weight is 961 g/mol. The third kappa shape index (κ3) is 10.8. The van der Waals surface area contributed by atoms with Crippen LogP contribution >= 0.6 is 21.6 Å². The summed E-state index contributed by atoms with van der Waals surface area (Å²) in [5, 5.41) is 75.7. The zero-order chi connectivity index (χ0) is 48.0. The number of carbonyl (C=O) groups excluding carboxylic acids is 1. The molecule has 360 valence electrons. The topological polar surface area (TPSA) is 195 Å². The molecule has 12 nitrogen and oxygen atoms in total. The highest BCUT2D eigenvalue weighted by atomic mass is 33.1. The molecular formula is C54H62N3O9S2-. The van der Waals surface area contributed by atoms with Crippen molar-refractivity contribution in [2.45, 2.75) is 87.2 Å². The molecule has 8 rings (SSSR count). The number of phenolic OH excluding ortho intramolecular Hbond substituents is 3. The van der Waals surface area contributed by atoms with Crippen LogP contribution in [0.3, 0.4) is 0 Å². The van der Waals surface area contributed by atoms with Crippen LogP contribution in [0.5, 0.6) is 28.7 Å². The van der Waals surface area contributed by atoms with Crippen molar-refractivity contribution in [3.05, 3.63) is 147 Å². The van der Waals surface area contributed by atoms with Gasteiger partial charge in [0.1, 0.15) is 18.3 Å². The highest BCUT2D eigenvalue weighted by Crippen LogP contribution is 2.55. The zero-order valence-corrected chi connectivity index (χ0v) is 40.5. The van der Waals surface area contributed by atoms with Gasteiger partial charge in [0.25, 0.3) is 0 Å². The summed E-state index contributed by atoms with van der Waals surface area (Å²) in [6, 6.07) is 26.3. The third-order valence-electron chi connectivity index (χ3n) is 13.6. The number of aliphatic hydroxyl groups is 3. The van der Waals surface area contributed by atoms with E-state index >= 15 is 4.79 Å². The summed E-state index contributed by atoms with van der Waals surface area (Å²) in [5.41, 5.74) is 5.35. The molecule has 6 aromatic rings. The molecule has 2 heterocycles. The Balaban J connectivity index is 1.19. The van der Waals surface area contributed by atoms with Gasteiger partial charge in [-0.3, -0.25) is 10.1 Å². The van der Waals surface area contributed by atoms with E-state index in [9.17, 15) is 30.6 Å². The van der Waals surface area contributed by atoms with Gasteiger partial charge < -0.3 is 50.4 Å². The van der Waals surface area contributed by atoms with Gasteiger partial charge in [-0.1, -0.05) is 87.8 Å². The number of aromatic hydroxyl groups is 3. The van der Waals surface area contributed by atoms with Crippen molar-refractivity contribution in [2.24, 2.45) is 5.92 Å². The van der Waals surface area contributed by atoms with E-state index in [1.807, 2.05) is 61.6 Å². The van der Waals surface area contributed by atoms with Crippen molar-refractivity contribution < 1.29 is 44.9 Å². The molecule has 0 saturated heterocycles. The smallest absolute Gasteiger partial charge is 0.167 e. The first-order chi connectivity index (χ1) is 32.8. The molecule has 1 aliphatic heterocycles. The van der Waals surface area contributed by atoms with Crippen LogP contribution in [0.4, 0.5) is 0 Å². The number of carbonyl (C=O) groups is 1. The number of aromatic nitrogens is 1. The fourth-order valence-electron chi connectivity index (χ4n) is 10.3. The quantitative estimate of drug-likeness (QED) is 0.0443. The van der Waals surface area contributed by atoms with E-state index in [1.165, 1.54) is 17.9 Å². The fraction of sp³-hybridized carbons (Fsp3) is 0.389. The molecule has 0 unspecified atom stereocenters. The Morgan fingerprint density at radius 3 is 2.53 bits per heavy atom. The predicted molar refractivity (Wildman–Crippen MR) is 269 cm³/mol. The number of phenols is 3. The first kappa shape index (κ1) is 49.2. The van der Waals surface area contributed by atoms with Crippen LogP contribution in [-0.4, -0.2) is 87.9 Å². The number of hydrogen-bond acceptors (Lipinski definition) is 13. The lowest BCUT2D eigenvalue weighted by Crippen LogP contribution is -2.41. The molecular weight excluding hydrogens is 899 g/mol. The second-order valence-electron chi connectivity index (χ2n) is 18.6. The van der Waals surface area contributed by atoms with E-state index in [0.29, 0.717) is 74.4 Å². The SMILES string of the molecule is CNCc1cc(O)cc([C@]2(C(=O)C[C@@H](O)[C@H](Cc3cc[n-]c3)Cc3ccc(O)c(OC)c3Cc3cccc4cccc(CCO)c34)CC[C@H]3SSC[C@@](C)(O)CNCOc4c(O)ccc(c43)C2)c1. The number of fused-ring (bicyclic) bond motifs is 1. The van der Waals surface area contributed by atoms with Gasteiger partial charge in [0.05, 0.1) is 24.2 Å². The van der Waals surface area contributed by atoms with E-state index in [4.69, 9.17) is 9.47 Å². The molecule has 0 bridgehead atoms. The molecule has 5 aromatic carbocycles. The molecule has 0 fully saturated rings. The molecule has 0 radical (unpaired) electrons. The van der Waals surface area contributed by atoms with Gasteiger partial charge in [-0.2, -0.15) is 12.4 Å². The maximum absolute atomic E-state index is 15.8. The standard InChI is InChI=1S/C54H62N3O9S2/c1-53(64)30-57-32-66-52-45(61)13-11-39-27-54(17-14-47(50(39)52)68-67-31-53,41-21-34(28-55-2)22-42(59)25-41)48(63)26-46(62)40(20-33-15-18-56-29-33)23-37-10-12-44(60)51(65-3)43(37)24-38-9-5-7-35-6-4-8-36(16-19-58)49(35)38/h4-13,15,18,21-22,25,29,40,46-47,55,57-62,64H,14,16-17,19-20,23-24,26-28,30-32H2,1-3H3/q-1/t40-,46-,47-,53+,54+/m1/s1. The van der Waals surface area contributed by atoms with Gasteiger partial charge in [0.2, 0.25) is 0 Å². The number of methoxy groups -OCH3 is 1. The highest BCUT2D eigenvalue weighted by molar-refractivity contribution is 8.76. The van der Waals surface area contributed by atoms with E-state index in [1.54, 1.807) is 54.4 Å². The summed E-state index contributed by atoms with van der Waals surface area (Å²) in [5.74, 6) is 0.431. The number of rotatable bonds is 16. The number of ether oxygens (including phenoxy) is 2. The number of Topliss-reactive ketones (excluding diaryl/α,β-unsaturated/α-hetero) is 1. The summed E-state index contributed by atoms with van der Waals surface area (Å²) < 4.78 is 12.2. The number of benzene rings is 5. The summed E-state index contributed by atoms with van der Waals surface area (Å²) >= 11 is 0. The van der Waals surface area contributed by atoms with Crippen molar-refractivity contribution in [3.63, 3.8) is 0 Å². The van der Waals surface area contributed by atoms with Gasteiger partial charge in [-0.25, -0.2) is 0 Å². The predicted octanol–water partition coefficient (Wildman–Crippen LogP) is 7.58. The third-order valence-corrected chi connectivity index (χ3v) is 16.7. The largest absolute Gasteiger partial charge is 0.670 e. The maximum Gasteiger partial charge on any atom is 0.167 e. The molecule has 8 N–H and O–H groups in total. The van der Waals surface area contributed by atoms with Crippen LogP contribution in [0.2, 0.25) is 0 Å². The molecule has 0 spiro atoms. The highest BCUT2D eigenvalue weighted by Gasteiger charge is 2.46. The lowest BCUT2D eigenvalue weighted by Gasteiger charge is -2.35. The Kier molecular flexibility index (Phi) is 15.7. The fourth-order valence-corrected chi connectivity index (χ4v) is 13.5. The van der Waals surface area contributed by atoms with Crippen LogP contribution in [-0.2, 0) is 48.9 Å². The van der Waals surface area contributed by atoms with E-state index < -0.39 is 23.0 Å². The second-order valence-corrected chi connectivity index (χ2v) is 21.2. The lowest BCUT2D eigenvalue weighted by molar-refractivity contribution is -0.127. The first-order valence-electron chi connectivity index (χ1n) is 23.2. The Labute approximate surface area is 405 Å². The minimum Gasteiger partial charge on any atom is -0.670 e. The monoisotopic (exact) mass is 960 g/mol. The first-order valence-corrected chi connectivity index (χ1v) is 25.6. The Bertz CT molecular complexity index is 2710. The summed E-state index contributed by atoms with van der Waals surface area (Å²) in [7, 11) is 6.48. The Hall–Kier alpha value is -5.19. The number of nitrogens with one attached hydrogen (secondary N) is 2. The molecule has 0 amide bonds. The number of aliphatic hydroxyl groups excluding tert-OH is 2. The minimum absolute atomic E-state index is 0.00110. The van der Waals surface area contributed by atoms with Crippen molar-refractivity contribution in [1.29, 1.82) is 0 Å². The normalized spacial score (nSPS) is 20.6. The van der Waals surface area contributed by atoms with Crippen LogP contribution in [0, 0.1) is 5.92 Å². The molecule has 14 heteroatoms. The molecule has 5 atom stereocenters. The van der Waals surface area contributed by atoms with Gasteiger partial charge in [0, 0.05) is 54.7 Å². The van der Waals surface area contributed by atoms with E-state index in [2.05, 4.69) is 21.7 Å². The number of ketones is 1. The van der Waals surface area contributed by atoms with Gasteiger partial charge in [-0.05, 0) is 127 Å².